The van der Waals surface area contributed by atoms with Gasteiger partial charge >= 0.3 is 0 Å². The Balaban J connectivity index is 2.08. The summed E-state index contributed by atoms with van der Waals surface area (Å²) in [5.74, 6) is 0. The van der Waals surface area contributed by atoms with E-state index in [1.54, 1.807) is 12.1 Å². The van der Waals surface area contributed by atoms with Gasteiger partial charge in [0.2, 0.25) is 10.0 Å². The normalized spacial score (nSPS) is 13.1. The molecule has 4 nitrogen and oxygen atoms in total. The van der Waals surface area contributed by atoms with E-state index in [4.69, 9.17) is 0 Å². The quantitative estimate of drug-likeness (QED) is 0.884. The van der Waals surface area contributed by atoms with Crippen LogP contribution in [0, 0.1) is 0 Å². The van der Waals surface area contributed by atoms with Gasteiger partial charge in [-0.2, -0.15) is 0 Å². The number of hydrogen-bond donors (Lipinski definition) is 2. The van der Waals surface area contributed by atoms with Crippen molar-refractivity contribution in [1.82, 2.24) is 4.72 Å². The van der Waals surface area contributed by atoms with Crippen LogP contribution >= 0.6 is 0 Å². The molecular weight excluding hydrogens is 274 g/mol. The lowest BCUT2D eigenvalue weighted by atomic mass is 10.0. The highest BCUT2D eigenvalue weighted by Gasteiger charge is 2.10. The van der Waals surface area contributed by atoms with Gasteiger partial charge in [-0.25, -0.2) is 13.1 Å². The van der Waals surface area contributed by atoms with Crippen molar-refractivity contribution in [3.05, 3.63) is 60.2 Å². The van der Waals surface area contributed by atoms with Crippen LogP contribution in [-0.2, 0) is 10.0 Å². The molecule has 2 rings (SSSR count). The van der Waals surface area contributed by atoms with Crippen molar-refractivity contribution in [2.24, 2.45) is 0 Å². The van der Waals surface area contributed by atoms with E-state index in [-0.39, 0.29) is 6.54 Å². The molecule has 0 heterocycles. The topological polar surface area (TPSA) is 66.4 Å². The summed E-state index contributed by atoms with van der Waals surface area (Å²) in [7, 11) is -3.29. The highest BCUT2D eigenvalue weighted by Crippen LogP contribution is 2.21. The Morgan fingerprint density at radius 3 is 2.10 bits per heavy atom. The number of benzene rings is 2. The average Bonchev–Trinajstić information content (AvgIpc) is 2.45. The molecular formula is C15H17NO3S. The fourth-order valence-electron chi connectivity index (χ4n) is 1.88. The Kier molecular flexibility index (Phi) is 4.54. The SMILES string of the molecule is CS(=O)(=O)NC[C@H](O)c1ccc(-c2ccccc2)cc1. The predicted octanol–water partition coefficient (Wildman–Crippen LogP) is 1.94. The third-order valence-electron chi connectivity index (χ3n) is 2.94. The number of hydrogen-bond acceptors (Lipinski definition) is 3. The van der Waals surface area contributed by atoms with Crippen molar-refractivity contribution in [1.29, 1.82) is 0 Å². The summed E-state index contributed by atoms with van der Waals surface area (Å²) in [6, 6.07) is 17.3. The lowest BCUT2D eigenvalue weighted by Gasteiger charge is -2.12. The van der Waals surface area contributed by atoms with Gasteiger partial charge in [-0.1, -0.05) is 54.6 Å². The molecule has 0 aliphatic heterocycles. The minimum absolute atomic E-state index is 0.0243. The van der Waals surface area contributed by atoms with E-state index in [0.29, 0.717) is 5.56 Å². The Labute approximate surface area is 119 Å². The Morgan fingerprint density at radius 1 is 1.00 bits per heavy atom. The van der Waals surface area contributed by atoms with Crippen LogP contribution in [0.2, 0.25) is 0 Å². The molecule has 0 bridgehead atoms. The fourth-order valence-corrected chi connectivity index (χ4v) is 2.34. The van der Waals surface area contributed by atoms with E-state index in [9.17, 15) is 13.5 Å². The van der Waals surface area contributed by atoms with E-state index in [2.05, 4.69) is 4.72 Å². The lowest BCUT2D eigenvalue weighted by molar-refractivity contribution is 0.182. The third kappa shape index (κ3) is 4.16. The zero-order valence-electron chi connectivity index (χ0n) is 11.2. The summed E-state index contributed by atoms with van der Waals surface area (Å²) in [4.78, 5) is 0. The summed E-state index contributed by atoms with van der Waals surface area (Å²) >= 11 is 0. The van der Waals surface area contributed by atoms with Gasteiger partial charge in [-0.15, -0.1) is 0 Å². The van der Waals surface area contributed by atoms with E-state index >= 15 is 0 Å². The lowest BCUT2D eigenvalue weighted by Crippen LogP contribution is -2.27. The Hall–Kier alpha value is -1.69. The van der Waals surface area contributed by atoms with Gasteiger partial charge in [-0.05, 0) is 16.7 Å². The van der Waals surface area contributed by atoms with Crippen molar-refractivity contribution in [3.8, 4) is 11.1 Å². The van der Waals surface area contributed by atoms with E-state index in [1.807, 2.05) is 42.5 Å². The number of aliphatic hydroxyl groups excluding tert-OH is 1. The molecule has 106 valence electrons. The van der Waals surface area contributed by atoms with Crippen molar-refractivity contribution >= 4 is 10.0 Å². The van der Waals surface area contributed by atoms with Crippen molar-refractivity contribution in [2.45, 2.75) is 6.10 Å². The van der Waals surface area contributed by atoms with Crippen LogP contribution in [0.1, 0.15) is 11.7 Å². The molecule has 2 N–H and O–H groups in total. The highest BCUT2D eigenvalue weighted by atomic mass is 32.2. The molecule has 2 aromatic rings. The maximum absolute atomic E-state index is 11.0. The van der Waals surface area contributed by atoms with Gasteiger partial charge in [-0.3, -0.25) is 0 Å². The minimum atomic E-state index is -3.29. The van der Waals surface area contributed by atoms with E-state index < -0.39 is 16.1 Å². The molecule has 0 aliphatic rings. The van der Waals surface area contributed by atoms with Gasteiger partial charge in [0.05, 0.1) is 12.4 Å². The zero-order valence-corrected chi connectivity index (χ0v) is 12.0. The second-order valence-corrected chi connectivity index (χ2v) is 6.46. The average molecular weight is 291 g/mol. The summed E-state index contributed by atoms with van der Waals surface area (Å²) in [5.41, 5.74) is 2.83. The van der Waals surface area contributed by atoms with Crippen LogP contribution in [0.4, 0.5) is 0 Å². The monoisotopic (exact) mass is 291 g/mol. The van der Waals surface area contributed by atoms with Crippen molar-refractivity contribution in [3.63, 3.8) is 0 Å². The molecule has 1 atom stereocenters. The van der Waals surface area contributed by atoms with Gasteiger partial charge in [0.1, 0.15) is 0 Å². The van der Waals surface area contributed by atoms with Gasteiger partial charge in [0.15, 0.2) is 0 Å². The van der Waals surface area contributed by atoms with Crippen LogP contribution in [-0.4, -0.2) is 26.3 Å². The van der Waals surface area contributed by atoms with Crippen molar-refractivity contribution < 1.29 is 13.5 Å². The first-order valence-electron chi connectivity index (χ1n) is 6.24. The van der Waals surface area contributed by atoms with E-state index in [1.165, 1.54) is 0 Å². The standard InChI is InChI=1S/C15H17NO3S/c1-20(18,19)16-11-15(17)14-9-7-13(8-10-14)12-5-3-2-4-6-12/h2-10,15-17H,11H2,1H3/t15-/m0/s1. The van der Waals surface area contributed by atoms with Crippen LogP contribution in [0.3, 0.4) is 0 Å². The molecule has 0 radical (unpaired) electrons. The van der Waals surface area contributed by atoms with Crippen LogP contribution in [0.25, 0.3) is 11.1 Å². The first kappa shape index (κ1) is 14.7. The number of nitrogens with one attached hydrogen (secondary N) is 1. The van der Waals surface area contributed by atoms with Crippen LogP contribution in [0.5, 0.6) is 0 Å². The number of sulfonamides is 1. The van der Waals surface area contributed by atoms with Crippen LogP contribution in [0.15, 0.2) is 54.6 Å². The number of rotatable bonds is 5. The number of aliphatic hydroxyl groups is 1. The predicted molar refractivity (Wildman–Crippen MR) is 79.7 cm³/mol. The summed E-state index contributed by atoms with van der Waals surface area (Å²) in [6.45, 7) is -0.0243. The second kappa shape index (κ2) is 6.17. The molecule has 2 aromatic carbocycles. The highest BCUT2D eigenvalue weighted by molar-refractivity contribution is 7.88. The summed E-state index contributed by atoms with van der Waals surface area (Å²) in [5, 5.41) is 9.92. The molecule has 0 saturated heterocycles. The van der Waals surface area contributed by atoms with E-state index in [0.717, 1.165) is 17.4 Å². The molecule has 0 aliphatic carbocycles. The fraction of sp³-hybridized carbons (Fsp3) is 0.200. The van der Waals surface area contributed by atoms with Crippen LogP contribution < -0.4 is 4.72 Å². The molecule has 0 spiro atoms. The summed E-state index contributed by atoms with van der Waals surface area (Å²) in [6.07, 6.45) is 0.215. The molecule has 0 saturated carbocycles. The smallest absolute Gasteiger partial charge is 0.208 e. The van der Waals surface area contributed by atoms with Gasteiger partial charge in [0.25, 0.3) is 0 Å². The second-order valence-electron chi connectivity index (χ2n) is 4.62. The molecule has 0 fully saturated rings. The molecule has 0 unspecified atom stereocenters. The molecule has 0 aromatic heterocycles. The summed E-state index contributed by atoms with van der Waals surface area (Å²) < 4.78 is 24.3. The largest absolute Gasteiger partial charge is 0.387 e. The Bertz CT molecular complexity index is 651. The maximum Gasteiger partial charge on any atom is 0.208 e. The molecule has 5 heteroatoms. The Morgan fingerprint density at radius 2 is 1.55 bits per heavy atom. The first-order chi connectivity index (χ1) is 9.46. The maximum atomic E-state index is 11.0. The minimum Gasteiger partial charge on any atom is -0.387 e. The van der Waals surface area contributed by atoms with Crippen molar-refractivity contribution in [2.75, 3.05) is 12.8 Å². The first-order valence-corrected chi connectivity index (χ1v) is 8.13. The third-order valence-corrected chi connectivity index (χ3v) is 3.63. The van der Waals surface area contributed by atoms with Gasteiger partial charge in [0, 0.05) is 6.54 Å². The zero-order chi connectivity index (χ0) is 14.6. The molecule has 0 amide bonds. The van der Waals surface area contributed by atoms with Gasteiger partial charge < -0.3 is 5.11 Å². The molecule has 20 heavy (non-hydrogen) atoms.